The molecule has 1 fully saturated rings. The van der Waals surface area contributed by atoms with E-state index in [-0.39, 0.29) is 6.10 Å². The lowest BCUT2D eigenvalue weighted by molar-refractivity contribution is -0.137. The first-order valence-electron chi connectivity index (χ1n) is 6.06. The van der Waals surface area contributed by atoms with E-state index in [1.54, 1.807) is 6.07 Å². The quantitative estimate of drug-likeness (QED) is 0.896. The minimum Gasteiger partial charge on any atom is -0.490 e. The van der Waals surface area contributed by atoms with Crippen LogP contribution >= 0.6 is 0 Å². The van der Waals surface area contributed by atoms with Crippen molar-refractivity contribution in [3.8, 4) is 5.75 Å². The Kier molecular flexibility index (Phi) is 3.80. The summed E-state index contributed by atoms with van der Waals surface area (Å²) in [5.41, 5.74) is -0.664. The summed E-state index contributed by atoms with van der Waals surface area (Å²) in [4.78, 5) is 0. The molecule has 18 heavy (non-hydrogen) atoms. The molecule has 1 aromatic carbocycles. The van der Waals surface area contributed by atoms with Crippen LogP contribution in [0, 0.1) is 0 Å². The maximum atomic E-state index is 12.5. The fourth-order valence-electron chi connectivity index (χ4n) is 2.06. The van der Waals surface area contributed by atoms with Crippen molar-refractivity contribution in [2.75, 3.05) is 6.54 Å². The Hall–Kier alpha value is -1.23. The first-order chi connectivity index (χ1) is 8.49. The summed E-state index contributed by atoms with van der Waals surface area (Å²) < 4.78 is 43.0. The Morgan fingerprint density at radius 1 is 1.33 bits per heavy atom. The predicted molar refractivity (Wildman–Crippen MR) is 62.6 cm³/mol. The van der Waals surface area contributed by atoms with Gasteiger partial charge in [-0.3, -0.25) is 0 Å². The lowest BCUT2D eigenvalue weighted by Gasteiger charge is -2.35. The molecule has 0 saturated heterocycles. The van der Waals surface area contributed by atoms with Crippen molar-refractivity contribution < 1.29 is 17.9 Å². The lowest BCUT2D eigenvalue weighted by atomic mass is 9.89. The summed E-state index contributed by atoms with van der Waals surface area (Å²) in [6, 6.07) is 5.48. The van der Waals surface area contributed by atoms with Gasteiger partial charge in [-0.1, -0.05) is 13.0 Å². The van der Waals surface area contributed by atoms with Crippen molar-refractivity contribution in [2.45, 2.75) is 38.1 Å². The molecule has 0 unspecified atom stereocenters. The number of ether oxygens (including phenoxy) is 1. The number of alkyl halides is 3. The lowest BCUT2D eigenvalue weighted by Crippen LogP contribution is -2.46. The highest BCUT2D eigenvalue weighted by molar-refractivity contribution is 5.30. The van der Waals surface area contributed by atoms with Gasteiger partial charge in [-0.25, -0.2) is 0 Å². The van der Waals surface area contributed by atoms with Gasteiger partial charge in [0.15, 0.2) is 0 Å². The molecular formula is C13H16F3NO. The zero-order valence-corrected chi connectivity index (χ0v) is 10.1. The number of rotatable bonds is 4. The number of halogens is 3. The Morgan fingerprint density at radius 3 is 2.67 bits per heavy atom. The molecule has 1 aliphatic rings. The molecule has 0 amide bonds. The van der Waals surface area contributed by atoms with E-state index in [1.807, 2.05) is 6.92 Å². The zero-order valence-electron chi connectivity index (χ0n) is 10.1. The Labute approximate surface area is 104 Å². The molecule has 2 nitrogen and oxygen atoms in total. The van der Waals surface area contributed by atoms with E-state index in [0.29, 0.717) is 11.8 Å². The third-order valence-corrected chi connectivity index (χ3v) is 3.05. The fraction of sp³-hybridized carbons (Fsp3) is 0.538. The Balaban J connectivity index is 1.91. The summed E-state index contributed by atoms with van der Waals surface area (Å²) in [5.74, 6) is 0.296. The monoisotopic (exact) mass is 259 g/mol. The van der Waals surface area contributed by atoms with Crippen LogP contribution in [0.15, 0.2) is 24.3 Å². The van der Waals surface area contributed by atoms with Crippen LogP contribution in [0.3, 0.4) is 0 Å². The van der Waals surface area contributed by atoms with E-state index in [9.17, 15) is 13.2 Å². The molecule has 5 heteroatoms. The van der Waals surface area contributed by atoms with Gasteiger partial charge in [0.2, 0.25) is 0 Å². The van der Waals surface area contributed by atoms with Crippen LogP contribution in [0.5, 0.6) is 5.75 Å². The molecule has 0 heterocycles. The smallest absolute Gasteiger partial charge is 0.416 e. The van der Waals surface area contributed by atoms with Gasteiger partial charge in [-0.05, 0) is 37.6 Å². The van der Waals surface area contributed by atoms with E-state index in [0.717, 1.165) is 31.5 Å². The number of benzene rings is 1. The van der Waals surface area contributed by atoms with Crippen LogP contribution < -0.4 is 10.1 Å². The first-order valence-corrected chi connectivity index (χ1v) is 6.06. The van der Waals surface area contributed by atoms with Crippen LogP contribution in [0.2, 0.25) is 0 Å². The number of hydrogen-bond donors (Lipinski definition) is 1. The SMILES string of the molecule is CCNC1CC(Oc2cccc(C(F)(F)F)c2)C1. The third-order valence-electron chi connectivity index (χ3n) is 3.05. The topological polar surface area (TPSA) is 21.3 Å². The van der Waals surface area contributed by atoms with E-state index in [1.165, 1.54) is 6.07 Å². The Bertz CT molecular complexity index is 399. The summed E-state index contributed by atoms with van der Waals surface area (Å²) in [5, 5.41) is 3.27. The summed E-state index contributed by atoms with van der Waals surface area (Å²) >= 11 is 0. The van der Waals surface area contributed by atoms with Gasteiger partial charge in [0, 0.05) is 6.04 Å². The molecule has 1 aromatic rings. The maximum absolute atomic E-state index is 12.5. The highest BCUT2D eigenvalue weighted by Crippen LogP contribution is 2.33. The van der Waals surface area contributed by atoms with Gasteiger partial charge in [0.1, 0.15) is 11.9 Å². The molecule has 0 spiro atoms. The fourth-order valence-corrected chi connectivity index (χ4v) is 2.06. The second kappa shape index (κ2) is 5.18. The average Bonchev–Trinajstić information content (AvgIpc) is 2.26. The van der Waals surface area contributed by atoms with Crippen molar-refractivity contribution in [1.29, 1.82) is 0 Å². The minimum absolute atomic E-state index is 0.0255. The van der Waals surface area contributed by atoms with Gasteiger partial charge in [0.25, 0.3) is 0 Å². The summed E-state index contributed by atoms with van der Waals surface area (Å²) in [6.45, 7) is 2.93. The molecule has 0 aliphatic heterocycles. The molecule has 1 N–H and O–H groups in total. The molecule has 0 aromatic heterocycles. The van der Waals surface area contributed by atoms with E-state index in [2.05, 4.69) is 5.32 Å². The summed E-state index contributed by atoms with van der Waals surface area (Å²) in [7, 11) is 0. The van der Waals surface area contributed by atoms with Crippen molar-refractivity contribution in [2.24, 2.45) is 0 Å². The largest absolute Gasteiger partial charge is 0.490 e. The normalized spacial score (nSPS) is 23.6. The molecule has 0 atom stereocenters. The maximum Gasteiger partial charge on any atom is 0.416 e. The highest BCUT2D eigenvalue weighted by Gasteiger charge is 2.32. The molecule has 100 valence electrons. The predicted octanol–water partition coefficient (Wildman–Crippen LogP) is 3.22. The van der Waals surface area contributed by atoms with E-state index in [4.69, 9.17) is 4.74 Å². The molecule has 0 radical (unpaired) electrons. The van der Waals surface area contributed by atoms with Crippen molar-refractivity contribution in [3.05, 3.63) is 29.8 Å². The highest BCUT2D eigenvalue weighted by atomic mass is 19.4. The molecule has 2 rings (SSSR count). The second-order valence-corrected chi connectivity index (χ2v) is 4.49. The van der Waals surface area contributed by atoms with Crippen LogP contribution in [0.25, 0.3) is 0 Å². The molecule has 1 saturated carbocycles. The van der Waals surface area contributed by atoms with Crippen molar-refractivity contribution in [1.82, 2.24) is 5.32 Å². The number of nitrogens with one attached hydrogen (secondary N) is 1. The zero-order chi connectivity index (χ0) is 13.2. The Morgan fingerprint density at radius 2 is 2.06 bits per heavy atom. The minimum atomic E-state index is -4.31. The van der Waals surface area contributed by atoms with Crippen LogP contribution in [-0.4, -0.2) is 18.7 Å². The van der Waals surface area contributed by atoms with Gasteiger partial charge in [0.05, 0.1) is 5.56 Å². The van der Waals surface area contributed by atoms with Crippen molar-refractivity contribution in [3.63, 3.8) is 0 Å². The van der Waals surface area contributed by atoms with Crippen LogP contribution in [0.1, 0.15) is 25.3 Å². The van der Waals surface area contributed by atoms with Gasteiger partial charge in [-0.15, -0.1) is 0 Å². The second-order valence-electron chi connectivity index (χ2n) is 4.49. The molecule has 1 aliphatic carbocycles. The van der Waals surface area contributed by atoms with E-state index >= 15 is 0 Å². The standard InChI is InChI=1S/C13H16F3NO/c1-2-17-10-7-12(8-10)18-11-5-3-4-9(6-11)13(14,15)16/h3-6,10,12,17H,2,7-8H2,1H3. The van der Waals surface area contributed by atoms with Crippen molar-refractivity contribution >= 4 is 0 Å². The average molecular weight is 259 g/mol. The van der Waals surface area contributed by atoms with Gasteiger partial charge in [-0.2, -0.15) is 13.2 Å². The van der Waals surface area contributed by atoms with Gasteiger partial charge < -0.3 is 10.1 Å². The van der Waals surface area contributed by atoms with Gasteiger partial charge >= 0.3 is 6.18 Å². The summed E-state index contributed by atoms with van der Waals surface area (Å²) in [6.07, 6.45) is -2.59. The number of hydrogen-bond acceptors (Lipinski definition) is 2. The van der Waals surface area contributed by atoms with E-state index < -0.39 is 11.7 Å². The molecular weight excluding hydrogens is 243 g/mol. The molecule has 0 bridgehead atoms. The van der Waals surface area contributed by atoms with Crippen LogP contribution in [0.4, 0.5) is 13.2 Å². The third kappa shape index (κ3) is 3.16. The first kappa shape index (κ1) is 13.2. The van der Waals surface area contributed by atoms with Crippen LogP contribution in [-0.2, 0) is 6.18 Å².